The highest BCUT2D eigenvalue weighted by molar-refractivity contribution is 5.80. The molecular weight excluding hydrogens is 280 g/mol. The van der Waals surface area contributed by atoms with Gasteiger partial charge in [-0.05, 0) is 12.8 Å². The minimum Gasteiger partial charge on any atom is -0.357 e. The Labute approximate surface area is 132 Å². The summed E-state index contributed by atoms with van der Waals surface area (Å²) in [7, 11) is 0. The summed E-state index contributed by atoms with van der Waals surface area (Å²) in [6.45, 7) is 15.1. The van der Waals surface area contributed by atoms with E-state index in [0.717, 1.165) is 44.6 Å². The lowest BCUT2D eigenvalue weighted by Gasteiger charge is -2.37. The smallest absolute Gasteiger partial charge is 0.223 e. The van der Waals surface area contributed by atoms with Crippen molar-refractivity contribution in [1.82, 2.24) is 25.3 Å². The highest BCUT2D eigenvalue weighted by Gasteiger charge is 2.20. The number of aromatic nitrogens is 2. The molecule has 2 heterocycles. The summed E-state index contributed by atoms with van der Waals surface area (Å²) < 4.78 is 4.98. The van der Waals surface area contributed by atoms with Gasteiger partial charge in [-0.2, -0.15) is 4.98 Å². The Balaban J connectivity index is 1.91. The van der Waals surface area contributed by atoms with Gasteiger partial charge < -0.3 is 14.7 Å². The molecule has 1 aromatic rings. The molecule has 1 N–H and O–H groups in total. The molecule has 1 aromatic heterocycles. The lowest BCUT2D eigenvalue weighted by Crippen LogP contribution is -2.53. The van der Waals surface area contributed by atoms with Crippen molar-refractivity contribution < 1.29 is 4.52 Å². The molecule has 0 aromatic carbocycles. The van der Waals surface area contributed by atoms with Crippen LogP contribution < -0.4 is 5.32 Å². The molecule has 0 saturated carbocycles. The zero-order chi connectivity index (χ0) is 15.9. The fourth-order valence-corrected chi connectivity index (χ4v) is 2.64. The predicted molar refractivity (Wildman–Crippen MR) is 86.7 cm³/mol. The van der Waals surface area contributed by atoms with Crippen molar-refractivity contribution in [1.29, 1.82) is 0 Å². The van der Waals surface area contributed by atoms with Gasteiger partial charge in [-0.15, -0.1) is 0 Å². The van der Waals surface area contributed by atoms with Crippen LogP contribution in [0.2, 0.25) is 0 Å². The van der Waals surface area contributed by atoms with Crippen molar-refractivity contribution in [3.63, 3.8) is 0 Å². The van der Waals surface area contributed by atoms with Crippen LogP contribution in [0, 0.1) is 12.8 Å². The van der Waals surface area contributed by atoms with Gasteiger partial charge in [0.1, 0.15) is 6.54 Å². The molecule has 0 spiro atoms. The van der Waals surface area contributed by atoms with Gasteiger partial charge in [0.05, 0.1) is 0 Å². The van der Waals surface area contributed by atoms with E-state index in [4.69, 9.17) is 4.52 Å². The first-order valence-corrected chi connectivity index (χ1v) is 8.13. The van der Waals surface area contributed by atoms with Gasteiger partial charge in [0.2, 0.25) is 5.89 Å². The number of hydrogen-bond donors (Lipinski definition) is 1. The van der Waals surface area contributed by atoms with E-state index in [1.54, 1.807) is 6.92 Å². The summed E-state index contributed by atoms with van der Waals surface area (Å²) in [6, 6.07) is 0. The van der Waals surface area contributed by atoms with E-state index in [0.29, 0.717) is 18.3 Å². The van der Waals surface area contributed by atoms with Gasteiger partial charge in [0.25, 0.3) is 0 Å². The Hall–Kier alpha value is -1.63. The molecular formula is C15H28N6O. The third-order valence-electron chi connectivity index (χ3n) is 3.57. The maximum absolute atomic E-state index is 4.98. The molecule has 2 rings (SSSR count). The topological polar surface area (TPSA) is 69.8 Å². The van der Waals surface area contributed by atoms with E-state index in [1.165, 1.54) is 6.54 Å². The highest BCUT2D eigenvalue weighted by Crippen LogP contribution is 2.06. The second-order valence-electron chi connectivity index (χ2n) is 6.08. The van der Waals surface area contributed by atoms with Crippen LogP contribution in [0.5, 0.6) is 0 Å². The van der Waals surface area contributed by atoms with Crippen LogP contribution in [0.25, 0.3) is 0 Å². The summed E-state index contributed by atoms with van der Waals surface area (Å²) in [4.78, 5) is 13.7. The largest absolute Gasteiger partial charge is 0.357 e. The van der Waals surface area contributed by atoms with Gasteiger partial charge in [-0.25, -0.2) is 4.99 Å². The van der Waals surface area contributed by atoms with Crippen LogP contribution in [0.3, 0.4) is 0 Å². The van der Waals surface area contributed by atoms with Gasteiger partial charge in [0.15, 0.2) is 11.8 Å². The molecule has 1 saturated heterocycles. The summed E-state index contributed by atoms with van der Waals surface area (Å²) in [5.74, 6) is 2.87. The third-order valence-corrected chi connectivity index (χ3v) is 3.57. The molecule has 7 heteroatoms. The van der Waals surface area contributed by atoms with Crippen LogP contribution in [0.15, 0.2) is 9.52 Å². The van der Waals surface area contributed by atoms with Crippen molar-refractivity contribution in [2.45, 2.75) is 34.2 Å². The van der Waals surface area contributed by atoms with Crippen molar-refractivity contribution in [3.05, 3.63) is 11.7 Å². The Kier molecular flexibility index (Phi) is 6.18. The summed E-state index contributed by atoms with van der Waals surface area (Å²) in [5, 5.41) is 7.25. The molecule has 1 fully saturated rings. The third kappa shape index (κ3) is 4.98. The predicted octanol–water partition coefficient (Wildman–Crippen LogP) is 1.12. The van der Waals surface area contributed by atoms with Crippen LogP contribution in [0.4, 0.5) is 0 Å². The van der Waals surface area contributed by atoms with Crippen LogP contribution in [-0.4, -0.2) is 65.2 Å². The molecule has 0 bridgehead atoms. The van der Waals surface area contributed by atoms with Crippen molar-refractivity contribution in [3.8, 4) is 0 Å². The molecule has 124 valence electrons. The van der Waals surface area contributed by atoms with E-state index in [1.807, 2.05) is 0 Å². The number of nitrogens with zero attached hydrogens (tertiary/aromatic N) is 5. The Morgan fingerprint density at radius 3 is 2.59 bits per heavy atom. The molecule has 0 amide bonds. The SMILES string of the molecule is CCNC(=NCc1noc(C)n1)N1CCN(CC(C)C)CC1. The van der Waals surface area contributed by atoms with Gasteiger partial charge in [-0.3, -0.25) is 4.90 Å². The first-order chi connectivity index (χ1) is 10.6. The van der Waals surface area contributed by atoms with Crippen LogP contribution in [-0.2, 0) is 6.54 Å². The molecule has 22 heavy (non-hydrogen) atoms. The minimum absolute atomic E-state index is 0.450. The van der Waals surface area contributed by atoms with Crippen molar-refractivity contribution in [2.75, 3.05) is 39.3 Å². The van der Waals surface area contributed by atoms with Crippen molar-refractivity contribution >= 4 is 5.96 Å². The Morgan fingerprint density at radius 1 is 1.32 bits per heavy atom. The molecule has 0 radical (unpaired) electrons. The van der Waals surface area contributed by atoms with Gasteiger partial charge >= 0.3 is 0 Å². The average Bonchev–Trinajstić information content (AvgIpc) is 2.89. The number of aryl methyl sites for hydroxylation is 1. The van der Waals surface area contributed by atoms with Crippen LogP contribution >= 0.6 is 0 Å². The normalized spacial score (nSPS) is 17.3. The monoisotopic (exact) mass is 308 g/mol. The fourth-order valence-electron chi connectivity index (χ4n) is 2.64. The number of piperazine rings is 1. The van der Waals surface area contributed by atoms with E-state index in [2.05, 4.69) is 51.0 Å². The minimum atomic E-state index is 0.450. The lowest BCUT2D eigenvalue weighted by molar-refractivity contribution is 0.164. The zero-order valence-electron chi connectivity index (χ0n) is 14.2. The Bertz CT molecular complexity index is 476. The molecule has 1 aliphatic rings. The molecule has 1 aliphatic heterocycles. The molecule has 7 nitrogen and oxygen atoms in total. The van der Waals surface area contributed by atoms with Crippen LogP contribution in [0.1, 0.15) is 32.5 Å². The Morgan fingerprint density at radius 2 is 2.05 bits per heavy atom. The molecule has 0 atom stereocenters. The zero-order valence-corrected chi connectivity index (χ0v) is 14.2. The average molecular weight is 308 g/mol. The maximum atomic E-state index is 4.98. The van der Waals surface area contributed by atoms with E-state index < -0.39 is 0 Å². The standard InChI is InChI=1S/C15H28N6O/c1-5-16-15(17-10-14-18-13(4)22-19-14)21-8-6-20(7-9-21)11-12(2)3/h12H,5-11H2,1-4H3,(H,16,17). The fraction of sp³-hybridized carbons (Fsp3) is 0.800. The number of aliphatic imine (C=N–C) groups is 1. The van der Waals surface area contributed by atoms with Gasteiger partial charge in [0, 0.05) is 46.2 Å². The maximum Gasteiger partial charge on any atom is 0.223 e. The summed E-state index contributed by atoms with van der Waals surface area (Å²) in [6.07, 6.45) is 0. The second kappa shape index (κ2) is 8.12. The summed E-state index contributed by atoms with van der Waals surface area (Å²) >= 11 is 0. The number of hydrogen-bond acceptors (Lipinski definition) is 5. The second-order valence-corrected chi connectivity index (χ2v) is 6.08. The number of guanidine groups is 1. The lowest BCUT2D eigenvalue weighted by atomic mass is 10.2. The quantitative estimate of drug-likeness (QED) is 0.649. The first kappa shape index (κ1) is 16.7. The summed E-state index contributed by atoms with van der Waals surface area (Å²) in [5.41, 5.74) is 0. The molecule has 0 unspecified atom stereocenters. The molecule has 0 aliphatic carbocycles. The van der Waals surface area contributed by atoms with E-state index in [-0.39, 0.29) is 0 Å². The number of nitrogens with one attached hydrogen (secondary N) is 1. The number of rotatable bonds is 5. The van der Waals surface area contributed by atoms with Gasteiger partial charge in [-0.1, -0.05) is 19.0 Å². The van der Waals surface area contributed by atoms with E-state index in [9.17, 15) is 0 Å². The first-order valence-electron chi connectivity index (χ1n) is 8.13. The highest BCUT2D eigenvalue weighted by atomic mass is 16.5. The van der Waals surface area contributed by atoms with Crippen molar-refractivity contribution in [2.24, 2.45) is 10.9 Å². The van der Waals surface area contributed by atoms with E-state index >= 15 is 0 Å².